The first-order valence-electron chi connectivity index (χ1n) is 5.69. The lowest BCUT2D eigenvalue weighted by atomic mass is 9.86. The Labute approximate surface area is 92.7 Å². The van der Waals surface area contributed by atoms with E-state index < -0.39 is 0 Å². The van der Waals surface area contributed by atoms with Gasteiger partial charge in [0.2, 0.25) is 0 Å². The van der Waals surface area contributed by atoms with E-state index in [1.807, 2.05) is 13.0 Å². The molecule has 15 heavy (non-hydrogen) atoms. The molecule has 2 atom stereocenters. The SMILES string of the molecule is CC1=CC(C)[C@H](CCC(C)(C)C)OC1=O. The minimum atomic E-state index is -0.146. The van der Waals surface area contributed by atoms with Crippen molar-refractivity contribution in [1.29, 1.82) is 0 Å². The van der Waals surface area contributed by atoms with Crippen LogP contribution < -0.4 is 0 Å². The smallest absolute Gasteiger partial charge is 0.333 e. The van der Waals surface area contributed by atoms with Crippen LogP contribution in [0.3, 0.4) is 0 Å². The first-order chi connectivity index (χ1) is 6.79. The Hall–Kier alpha value is -0.790. The molecule has 0 radical (unpaired) electrons. The molecule has 0 spiro atoms. The van der Waals surface area contributed by atoms with Crippen molar-refractivity contribution in [2.24, 2.45) is 11.3 Å². The van der Waals surface area contributed by atoms with Gasteiger partial charge < -0.3 is 4.74 Å². The highest BCUT2D eigenvalue weighted by Crippen LogP contribution is 2.28. The van der Waals surface area contributed by atoms with E-state index in [1.54, 1.807) is 0 Å². The quantitative estimate of drug-likeness (QED) is 0.653. The third-order valence-corrected chi connectivity index (χ3v) is 2.86. The first kappa shape index (κ1) is 12.3. The van der Waals surface area contributed by atoms with Gasteiger partial charge >= 0.3 is 5.97 Å². The number of hydrogen-bond acceptors (Lipinski definition) is 2. The van der Waals surface area contributed by atoms with Gasteiger partial charge in [0, 0.05) is 11.5 Å². The summed E-state index contributed by atoms with van der Waals surface area (Å²) in [6, 6.07) is 0. The predicted molar refractivity (Wildman–Crippen MR) is 61.5 cm³/mol. The second-order valence-electron chi connectivity index (χ2n) is 5.75. The minimum absolute atomic E-state index is 0.0698. The molecule has 1 heterocycles. The largest absolute Gasteiger partial charge is 0.458 e. The molecule has 0 amide bonds. The van der Waals surface area contributed by atoms with E-state index in [1.165, 1.54) is 0 Å². The number of carbonyl (C=O) groups excluding carboxylic acids is 1. The lowest BCUT2D eigenvalue weighted by molar-refractivity contribution is -0.148. The Kier molecular flexibility index (Phi) is 3.58. The van der Waals surface area contributed by atoms with Crippen molar-refractivity contribution in [3.8, 4) is 0 Å². The van der Waals surface area contributed by atoms with Crippen LogP contribution in [0.25, 0.3) is 0 Å². The average Bonchev–Trinajstić information content (AvgIpc) is 2.07. The average molecular weight is 210 g/mol. The van der Waals surface area contributed by atoms with Gasteiger partial charge in [0.25, 0.3) is 0 Å². The molecular formula is C13H22O2. The Morgan fingerprint density at radius 1 is 1.40 bits per heavy atom. The van der Waals surface area contributed by atoms with Crippen LogP contribution in [0.1, 0.15) is 47.5 Å². The van der Waals surface area contributed by atoms with Gasteiger partial charge in [-0.1, -0.05) is 33.8 Å². The van der Waals surface area contributed by atoms with Gasteiger partial charge in [-0.25, -0.2) is 4.79 Å². The Bertz CT molecular complexity index is 271. The molecule has 0 bridgehead atoms. The first-order valence-corrected chi connectivity index (χ1v) is 5.69. The molecule has 1 rings (SSSR count). The number of hydrogen-bond donors (Lipinski definition) is 0. The summed E-state index contributed by atoms with van der Waals surface area (Å²) in [5, 5.41) is 0. The van der Waals surface area contributed by atoms with Crippen molar-refractivity contribution in [1.82, 2.24) is 0 Å². The van der Waals surface area contributed by atoms with Crippen LogP contribution in [0.15, 0.2) is 11.6 Å². The van der Waals surface area contributed by atoms with E-state index in [-0.39, 0.29) is 12.1 Å². The molecule has 2 heteroatoms. The second kappa shape index (κ2) is 4.38. The summed E-state index contributed by atoms with van der Waals surface area (Å²) in [5.41, 5.74) is 1.05. The normalized spacial score (nSPS) is 27.3. The zero-order valence-corrected chi connectivity index (χ0v) is 10.5. The fourth-order valence-electron chi connectivity index (χ4n) is 1.80. The molecule has 86 valence electrons. The summed E-state index contributed by atoms with van der Waals surface area (Å²) < 4.78 is 5.40. The van der Waals surface area contributed by atoms with Crippen LogP contribution in [-0.2, 0) is 9.53 Å². The van der Waals surface area contributed by atoms with Crippen LogP contribution in [0.5, 0.6) is 0 Å². The van der Waals surface area contributed by atoms with Crippen molar-refractivity contribution in [2.45, 2.75) is 53.6 Å². The summed E-state index contributed by atoms with van der Waals surface area (Å²) in [5.74, 6) is 0.206. The number of cyclic esters (lactones) is 1. The maximum absolute atomic E-state index is 11.4. The highest BCUT2D eigenvalue weighted by molar-refractivity contribution is 5.88. The van der Waals surface area contributed by atoms with Gasteiger partial charge in [-0.3, -0.25) is 0 Å². The number of esters is 1. The zero-order valence-electron chi connectivity index (χ0n) is 10.5. The van der Waals surface area contributed by atoms with Crippen LogP contribution >= 0.6 is 0 Å². The monoisotopic (exact) mass is 210 g/mol. The van der Waals surface area contributed by atoms with Gasteiger partial charge in [-0.2, -0.15) is 0 Å². The highest BCUT2D eigenvalue weighted by atomic mass is 16.5. The van der Waals surface area contributed by atoms with E-state index in [2.05, 4.69) is 27.7 Å². The van der Waals surface area contributed by atoms with Crippen LogP contribution in [-0.4, -0.2) is 12.1 Å². The van der Waals surface area contributed by atoms with Crippen molar-refractivity contribution in [3.05, 3.63) is 11.6 Å². The molecule has 0 aromatic carbocycles. The summed E-state index contributed by atoms with van der Waals surface area (Å²) in [6.07, 6.45) is 4.14. The molecule has 0 aromatic heterocycles. The minimum Gasteiger partial charge on any atom is -0.458 e. The fourth-order valence-corrected chi connectivity index (χ4v) is 1.80. The molecule has 0 fully saturated rings. The summed E-state index contributed by atoms with van der Waals surface area (Å²) in [6.45, 7) is 10.6. The molecule has 1 unspecified atom stereocenters. The van der Waals surface area contributed by atoms with Crippen LogP contribution in [0, 0.1) is 11.3 Å². The van der Waals surface area contributed by atoms with E-state index in [4.69, 9.17) is 4.74 Å². The van der Waals surface area contributed by atoms with Crippen molar-refractivity contribution in [2.75, 3.05) is 0 Å². The molecule has 0 saturated heterocycles. The lowest BCUT2D eigenvalue weighted by Crippen LogP contribution is -2.30. The van der Waals surface area contributed by atoms with Crippen LogP contribution in [0.2, 0.25) is 0 Å². The standard InChI is InChI=1S/C13H22O2/c1-9-8-10(2)12(14)15-11(9)6-7-13(3,4)5/h8-9,11H,6-7H2,1-5H3/t9?,11-/m0/s1. The summed E-state index contributed by atoms with van der Waals surface area (Å²) in [4.78, 5) is 11.4. The number of ether oxygens (including phenoxy) is 1. The Balaban J connectivity index is 2.55. The molecule has 1 aliphatic heterocycles. The Morgan fingerprint density at radius 2 is 2.00 bits per heavy atom. The molecule has 0 aromatic rings. The van der Waals surface area contributed by atoms with Gasteiger partial charge in [0.1, 0.15) is 6.10 Å². The maximum atomic E-state index is 11.4. The molecular weight excluding hydrogens is 188 g/mol. The van der Waals surface area contributed by atoms with E-state index >= 15 is 0 Å². The predicted octanol–water partition coefficient (Wildman–Crippen LogP) is 3.32. The summed E-state index contributed by atoms with van der Waals surface area (Å²) in [7, 11) is 0. The van der Waals surface area contributed by atoms with Gasteiger partial charge in [0.05, 0.1) is 0 Å². The third kappa shape index (κ3) is 3.69. The summed E-state index contributed by atoms with van der Waals surface area (Å²) >= 11 is 0. The van der Waals surface area contributed by atoms with E-state index in [0.29, 0.717) is 11.3 Å². The number of rotatable bonds is 2. The second-order valence-corrected chi connectivity index (χ2v) is 5.75. The van der Waals surface area contributed by atoms with E-state index in [9.17, 15) is 4.79 Å². The van der Waals surface area contributed by atoms with E-state index in [0.717, 1.165) is 18.4 Å². The molecule has 0 aliphatic carbocycles. The fraction of sp³-hybridized carbons (Fsp3) is 0.769. The van der Waals surface area contributed by atoms with Crippen molar-refractivity contribution >= 4 is 5.97 Å². The Morgan fingerprint density at radius 3 is 2.53 bits per heavy atom. The lowest BCUT2D eigenvalue weighted by Gasteiger charge is -2.29. The van der Waals surface area contributed by atoms with Crippen molar-refractivity contribution in [3.63, 3.8) is 0 Å². The van der Waals surface area contributed by atoms with Gasteiger partial charge in [-0.05, 0) is 25.2 Å². The molecule has 0 N–H and O–H groups in total. The zero-order chi connectivity index (χ0) is 11.6. The highest BCUT2D eigenvalue weighted by Gasteiger charge is 2.27. The number of carbonyl (C=O) groups is 1. The van der Waals surface area contributed by atoms with Crippen LogP contribution in [0.4, 0.5) is 0 Å². The van der Waals surface area contributed by atoms with Gasteiger partial charge in [-0.15, -0.1) is 0 Å². The maximum Gasteiger partial charge on any atom is 0.333 e. The van der Waals surface area contributed by atoms with Gasteiger partial charge in [0.15, 0.2) is 0 Å². The molecule has 0 saturated carbocycles. The topological polar surface area (TPSA) is 26.3 Å². The third-order valence-electron chi connectivity index (χ3n) is 2.86. The molecule has 1 aliphatic rings. The molecule has 2 nitrogen and oxygen atoms in total. The van der Waals surface area contributed by atoms with Crippen molar-refractivity contribution < 1.29 is 9.53 Å².